The van der Waals surface area contributed by atoms with Crippen LogP contribution in [-0.2, 0) is 11.8 Å². The molecule has 0 saturated carbocycles. The van der Waals surface area contributed by atoms with E-state index in [-0.39, 0.29) is 5.41 Å². The topological polar surface area (TPSA) is 20.2 Å². The van der Waals surface area contributed by atoms with Gasteiger partial charge < -0.3 is 5.11 Å². The molecule has 116 valence electrons. The first kappa shape index (κ1) is 16.4. The van der Waals surface area contributed by atoms with E-state index in [1.165, 1.54) is 11.1 Å². The molecule has 1 N–H and O–H groups in total. The van der Waals surface area contributed by atoms with Crippen LogP contribution in [0.2, 0.25) is 0 Å². The highest BCUT2D eigenvalue weighted by molar-refractivity contribution is 5.50. The van der Waals surface area contributed by atoms with Gasteiger partial charge in [-0.2, -0.15) is 0 Å². The summed E-state index contributed by atoms with van der Waals surface area (Å²) in [7, 11) is 0. The Morgan fingerprint density at radius 3 is 2.18 bits per heavy atom. The Morgan fingerprint density at radius 1 is 1.05 bits per heavy atom. The first-order chi connectivity index (χ1) is 10.3. The summed E-state index contributed by atoms with van der Waals surface area (Å²) in [4.78, 5) is 0. The molecule has 0 aromatic heterocycles. The van der Waals surface area contributed by atoms with E-state index in [1.807, 2.05) is 18.2 Å². The minimum Gasteiger partial charge on any atom is -0.508 e. The zero-order chi connectivity index (χ0) is 16.3. The Bertz CT molecular complexity index is 648. The van der Waals surface area contributed by atoms with Gasteiger partial charge in [-0.15, -0.1) is 0 Å². The van der Waals surface area contributed by atoms with Crippen molar-refractivity contribution in [3.05, 3.63) is 71.3 Å². The van der Waals surface area contributed by atoms with Crippen molar-refractivity contribution in [1.29, 1.82) is 0 Å². The molecule has 1 heteroatoms. The van der Waals surface area contributed by atoms with Crippen LogP contribution in [0.3, 0.4) is 0 Å². The molecule has 0 saturated heterocycles. The fourth-order valence-electron chi connectivity index (χ4n) is 2.78. The number of phenols is 1. The molecule has 0 aliphatic carbocycles. The fourth-order valence-corrected chi connectivity index (χ4v) is 2.78. The number of aromatic hydroxyl groups is 1. The lowest BCUT2D eigenvalue weighted by atomic mass is 9.77. The zero-order valence-corrected chi connectivity index (χ0v) is 14.1. The van der Waals surface area contributed by atoms with Crippen molar-refractivity contribution in [3.63, 3.8) is 0 Å². The maximum absolute atomic E-state index is 10.1. The third-order valence-corrected chi connectivity index (χ3v) is 4.30. The van der Waals surface area contributed by atoms with Gasteiger partial charge in [0.25, 0.3) is 0 Å². The Kier molecular flexibility index (Phi) is 4.75. The summed E-state index contributed by atoms with van der Waals surface area (Å²) in [5.41, 5.74) is 4.56. The number of rotatable bonds is 5. The number of phenolic OH excluding ortho intramolecular Hbond substituents is 1. The molecule has 0 aliphatic heterocycles. The summed E-state index contributed by atoms with van der Waals surface area (Å²) in [5, 5.41) is 10.1. The van der Waals surface area contributed by atoms with Gasteiger partial charge in [0.2, 0.25) is 0 Å². The molecule has 0 heterocycles. The smallest absolute Gasteiger partial charge is 0.118 e. The summed E-state index contributed by atoms with van der Waals surface area (Å²) in [6, 6.07) is 14.5. The SMILES string of the molecule is C=Cc1ccc(C(C)(C)c2ccc(O)c(CC(C)C)c2)cc1. The van der Waals surface area contributed by atoms with Crippen LogP contribution in [0.15, 0.2) is 49.0 Å². The van der Waals surface area contributed by atoms with Crippen LogP contribution in [0.5, 0.6) is 5.75 Å². The number of hydrogen-bond donors (Lipinski definition) is 1. The second-order valence-electron chi connectivity index (χ2n) is 6.89. The van der Waals surface area contributed by atoms with Crippen molar-refractivity contribution in [2.45, 2.75) is 39.5 Å². The van der Waals surface area contributed by atoms with Gasteiger partial charge in [0.15, 0.2) is 0 Å². The first-order valence-corrected chi connectivity index (χ1v) is 7.90. The van der Waals surface area contributed by atoms with E-state index in [0.717, 1.165) is 17.5 Å². The number of benzene rings is 2. The molecular formula is C21H26O. The van der Waals surface area contributed by atoms with Crippen molar-refractivity contribution < 1.29 is 5.11 Å². The van der Waals surface area contributed by atoms with Crippen LogP contribution in [0.1, 0.15) is 49.9 Å². The molecule has 0 radical (unpaired) electrons. The maximum atomic E-state index is 10.1. The van der Waals surface area contributed by atoms with E-state index < -0.39 is 0 Å². The quantitative estimate of drug-likeness (QED) is 0.765. The van der Waals surface area contributed by atoms with E-state index in [1.54, 1.807) is 0 Å². The Labute approximate surface area is 134 Å². The largest absolute Gasteiger partial charge is 0.508 e. The summed E-state index contributed by atoms with van der Waals surface area (Å²) in [6.07, 6.45) is 2.75. The van der Waals surface area contributed by atoms with Crippen LogP contribution in [0.25, 0.3) is 6.08 Å². The second-order valence-corrected chi connectivity index (χ2v) is 6.89. The minimum absolute atomic E-state index is 0.0981. The van der Waals surface area contributed by atoms with Crippen LogP contribution < -0.4 is 0 Å². The van der Waals surface area contributed by atoms with Crippen LogP contribution >= 0.6 is 0 Å². The average Bonchev–Trinajstić information content (AvgIpc) is 2.49. The van der Waals surface area contributed by atoms with Gasteiger partial charge in [0.05, 0.1) is 0 Å². The monoisotopic (exact) mass is 294 g/mol. The number of hydrogen-bond acceptors (Lipinski definition) is 1. The normalized spacial score (nSPS) is 11.7. The lowest BCUT2D eigenvalue weighted by Gasteiger charge is -2.27. The lowest BCUT2D eigenvalue weighted by Crippen LogP contribution is -2.19. The molecule has 0 fully saturated rings. The standard InChI is InChI=1S/C21H26O/c1-6-16-7-9-18(10-8-16)21(4,5)19-11-12-20(22)17(14-19)13-15(2)3/h6-12,14-15,22H,1,13H2,2-5H3. The van der Waals surface area contributed by atoms with Gasteiger partial charge in [-0.3, -0.25) is 0 Å². The van der Waals surface area contributed by atoms with Crippen molar-refractivity contribution in [2.75, 3.05) is 0 Å². The highest BCUT2D eigenvalue weighted by atomic mass is 16.3. The maximum Gasteiger partial charge on any atom is 0.118 e. The third-order valence-electron chi connectivity index (χ3n) is 4.30. The van der Waals surface area contributed by atoms with Gasteiger partial charge in [-0.25, -0.2) is 0 Å². The molecule has 0 amide bonds. The molecule has 22 heavy (non-hydrogen) atoms. The highest BCUT2D eigenvalue weighted by Crippen LogP contribution is 2.34. The van der Waals surface area contributed by atoms with Crippen molar-refractivity contribution in [2.24, 2.45) is 5.92 Å². The molecule has 1 nitrogen and oxygen atoms in total. The molecule has 0 spiro atoms. The summed E-state index contributed by atoms with van der Waals surface area (Å²) < 4.78 is 0. The van der Waals surface area contributed by atoms with Gasteiger partial charge in [0, 0.05) is 5.41 Å². The van der Waals surface area contributed by atoms with Gasteiger partial charge in [0.1, 0.15) is 5.75 Å². The summed E-state index contributed by atoms with van der Waals surface area (Å²) >= 11 is 0. The molecule has 0 atom stereocenters. The van der Waals surface area contributed by atoms with Crippen molar-refractivity contribution in [3.8, 4) is 5.75 Å². The molecule has 2 aromatic rings. The van der Waals surface area contributed by atoms with Crippen molar-refractivity contribution in [1.82, 2.24) is 0 Å². The van der Waals surface area contributed by atoms with Crippen LogP contribution in [0.4, 0.5) is 0 Å². The van der Waals surface area contributed by atoms with E-state index in [2.05, 4.69) is 64.6 Å². The Hall–Kier alpha value is -2.02. The van der Waals surface area contributed by atoms with E-state index in [9.17, 15) is 5.11 Å². The lowest BCUT2D eigenvalue weighted by molar-refractivity contribution is 0.461. The predicted octanol–water partition coefficient (Wildman–Crippen LogP) is 5.56. The second kappa shape index (κ2) is 6.39. The molecule has 0 unspecified atom stereocenters. The molecule has 0 aliphatic rings. The summed E-state index contributed by atoms with van der Waals surface area (Å²) in [6.45, 7) is 12.6. The van der Waals surface area contributed by atoms with E-state index >= 15 is 0 Å². The van der Waals surface area contributed by atoms with E-state index in [4.69, 9.17) is 0 Å². The molecule has 0 bridgehead atoms. The van der Waals surface area contributed by atoms with Crippen LogP contribution in [0, 0.1) is 5.92 Å². The Morgan fingerprint density at radius 2 is 1.64 bits per heavy atom. The fraction of sp³-hybridized carbons (Fsp3) is 0.333. The molecule has 2 rings (SSSR count). The average molecular weight is 294 g/mol. The minimum atomic E-state index is -0.0981. The molecule has 2 aromatic carbocycles. The van der Waals surface area contributed by atoms with Gasteiger partial charge >= 0.3 is 0 Å². The third kappa shape index (κ3) is 3.41. The van der Waals surface area contributed by atoms with Gasteiger partial charge in [-0.05, 0) is 40.7 Å². The Balaban J connectivity index is 2.41. The first-order valence-electron chi connectivity index (χ1n) is 7.90. The highest BCUT2D eigenvalue weighted by Gasteiger charge is 2.24. The van der Waals surface area contributed by atoms with E-state index in [0.29, 0.717) is 11.7 Å². The molecular weight excluding hydrogens is 268 g/mol. The van der Waals surface area contributed by atoms with Crippen molar-refractivity contribution >= 4 is 6.08 Å². The van der Waals surface area contributed by atoms with Crippen LogP contribution in [-0.4, -0.2) is 5.11 Å². The summed E-state index contributed by atoms with van der Waals surface area (Å²) in [5.74, 6) is 0.923. The van der Waals surface area contributed by atoms with Gasteiger partial charge in [-0.1, -0.05) is 76.7 Å². The zero-order valence-electron chi connectivity index (χ0n) is 14.1. The predicted molar refractivity (Wildman–Crippen MR) is 95.3 cm³/mol.